The molecule has 12 nitrogen and oxygen atoms in total. The first-order valence-electron chi connectivity index (χ1n) is 9.11. The molecule has 1 unspecified atom stereocenters. The lowest BCUT2D eigenvalue weighted by molar-refractivity contribution is -0.366. The zero-order valence-corrected chi connectivity index (χ0v) is 17.3. The second kappa shape index (κ2) is 10.3. The lowest BCUT2D eigenvalue weighted by atomic mass is 9.82. The fourth-order valence-electron chi connectivity index (χ4n) is 3.23. The van der Waals surface area contributed by atoms with Crippen LogP contribution in [0.2, 0.25) is 0 Å². The van der Waals surface area contributed by atoms with Gasteiger partial charge in [-0.25, -0.2) is 0 Å². The summed E-state index contributed by atoms with van der Waals surface area (Å²) in [5.41, 5.74) is 0. The van der Waals surface area contributed by atoms with Crippen LogP contribution in [0.1, 0.15) is 41.0 Å². The van der Waals surface area contributed by atoms with Crippen LogP contribution in [0.5, 0.6) is 0 Å². The van der Waals surface area contributed by atoms with E-state index in [1.54, 1.807) is 0 Å². The highest BCUT2D eigenvalue weighted by molar-refractivity contribution is 5.72. The number of ether oxygens (including phenoxy) is 5. The molecule has 0 aromatic rings. The molecule has 1 saturated heterocycles. The van der Waals surface area contributed by atoms with Gasteiger partial charge in [0, 0.05) is 27.7 Å². The normalized spacial score (nSPS) is 29.3. The molecule has 170 valence electrons. The average Bonchev–Trinajstić information content (AvgIpc) is 2.58. The summed E-state index contributed by atoms with van der Waals surface area (Å²) in [4.78, 5) is 58.0. The highest BCUT2D eigenvalue weighted by Gasteiger charge is 2.63. The molecule has 1 aliphatic heterocycles. The first-order valence-corrected chi connectivity index (χ1v) is 9.11. The van der Waals surface area contributed by atoms with E-state index in [9.17, 15) is 34.2 Å². The summed E-state index contributed by atoms with van der Waals surface area (Å²) in [7, 11) is 0. The third-order valence-electron chi connectivity index (χ3n) is 4.29. The molecule has 0 bridgehead atoms. The van der Waals surface area contributed by atoms with Crippen molar-refractivity contribution in [2.45, 2.75) is 71.2 Å². The summed E-state index contributed by atoms with van der Waals surface area (Å²) in [5, 5.41) is 20.8. The van der Waals surface area contributed by atoms with Gasteiger partial charge in [-0.05, 0) is 6.42 Å². The van der Waals surface area contributed by atoms with Crippen molar-refractivity contribution in [2.75, 3.05) is 6.61 Å². The van der Waals surface area contributed by atoms with Gasteiger partial charge in [0.1, 0.15) is 18.6 Å². The quantitative estimate of drug-likeness (QED) is 0.372. The van der Waals surface area contributed by atoms with Crippen LogP contribution in [0.4, 0.5) is 0 Å². The number of esters is 4. The molecule has 0 aromatic heterocycles. The zero-order chi connectivity index (χ0) is 23.2. The molecule has 0 aromatic carbocycles. The third kappa shape index (κ3) is 6.13. The first-order chi connectivity index (χ1) is 13.8. The molecular weight excluding hydrogens is 408 g/mol. The minimum absolute atomic E-state index is 0.172. The van der Waals surface area contributed by atoms with Crippen molar-refractivity contribution < 1.29 is 57.9 Å². The molecule has 1 rings (SSSR count). The van der Waals surface area contributed by atoms with E-state index in [1.165, 1.54) is 6.92 Å². The van der Waals surface area contributed by atoms with E-state index in [1.807, 2.05) is 0 Å². The number of rotatable bonds is 8. The number of hydrogen-bond donors (Lipinski definition) is 2. The highest BCUT2D eigenvalue weighted by atomic mass is 16.7. The van der Waals surface area contributed by atoms with Gasteiger partial charge < -0.3 is 33.9 Å². The lowest BCUT2D eigenvalue weighted by Gasteiger charge is -2.50. The predicted molar refractivity (Wildman–Crippen MR) is 94.5 cm³/mol. The molecule has 0 spiro atoms. The molecule has 0 amide bonds. The number of carbonyl (C=O) groups is 5. The minimum atomic E-state index is -2.70. The first kappa shape index (κ1) is 25.3. The van der Waals surface area contributed by atoms with E-state index in [0.717, 1.165) is 27.7 Å². The van der Waals surface area contributed by atoms with E-state index in [0.29, 0.717) is 0 Å². The van der Waals surface area contributed by atoms with Crippen molar-refractivity contribution in [3.05, 3.63) is 0 Å². The van der Waals surface area contributed by atoms with Crippen molar-refractivity contribution >= 4 is 29.8 Å². The number of aliphatic hydroxyl groups is 1. The molecule has 0 aliphatic carbocycles. The number of aliphatic carboxylic acids is 1. The van der Waals surface area contributed by atoms with Gasteiger partial charge in [-0.2, -0.15) is 0 Å². The standard InChI is InChI=1S/C18H26O12/c1-6-12(17(23)24)18(25)16(29-11(5)22)15(28-10(4)21)14(27-9(3)20)13(30-18)7-26-8(2)19/h12-16,25H,6-7H2,1-5H3,(H,23,24)/t12?,13-,14-,15+,16-,18-/m1/s1. The summed E-state index contributed by atoms with van der Waals surface area (Å²) < 4.78 is 25.8. The fourth-order valence-corrected chi connectivity index (χ4v) is 3.23. The maximum absolute atomic E-state index is 11.8. The summed E-state index contributed by atoms with van der Waals surface area (Å²) in [5.74, 6) is -9.25. The Morgan fingerprint density at radius 2 is 1.40 bits per heavy atom. The third-order valence-corrected chi connectivity index (χ3v) is 4.29. The maximum atomic E-state index is 11.8. The van der Waals surface area contributed by atoms with Crippen molar-refractivity contribution in [1.29, 1.82) is 0 Å². The molecule has 12 heteroatoms. The number of hydrogen-bond acceptors (Lipinski definition) is 11. The molecule has 0 radical (unpaired) electrons. The summed E-state index contributed by atoms with van der Waals surface area (Å²) in [6.45, 7) is 4.99. The van der Waals surface area contributed by atoms with E-state index < -0.39 is 72.6 Å². The second-order valence-corrected chi connectivity index (χ2v) is 6.69. The van der Waals surface area contributed by atoms with Crippen LogP contribution < -0.4 is 0 Å². The molecule has 2 N–H and O–H groups in total. The molecule has 1 fully saturated rings. The monoisotopic (exact) mass is 434 g/mol. The van der Waals surface area contributed by atoms with Gasteiger partial charge in [0.25, 0.3) is 0 Å². The van der Waals surface area contributed by atoms with Gasteiger partial charge in [-0.3, -0.25) is 24.0 Å². The Morgan fingerprint density at radius 1 is 0.900 bits per heavy atom. The smallest absolute Gasteiger partial charge is 0.312 e. The van der Waals surface area contributed by atoms with E-state index in [-0.39, 0.29) is 6.42 Å². The van der Waals surface area contributed by atoms with Crippen molar-refractivity contribution in [1.82, 2.24) is 0 Å². The molecule has 1 aliphatic rings. The Balaban J connectivity index is 3.60. The number of carbonyl (C=O) groups excluding carboxylic acids is 4. The molecule has 0 saturated carbocycles. The van der Waals surface area contributed by atoms with Crippen LogP contribution in [0, 0.1) is 5.92 Å². The number of carboxylic acid groups (broad SMARTS) is 1. The van der Waals surface area contributed by atoms with Crippen LogP contribution in [-0.4, -0.2) is 76.9 Å². The molecule has 1 heterocycles. The molecule has 30 heavy (non-hydrogen) atoms. The van der Waals surface area contributed by atoms with Crippen molar-refractivity contribution in [2.24, 2.45) is 5.92 Å². The fraction of sp³-hybridized carbons (Fsp3) is 0.722. The van der Waals surface area contributed by atoms with Crippen LogP contribution in [0.3, 0.4) is 0 Å². The topological polar surface area (TPSA) is 172 Å². The van der Waals surface area contributed by atoms with Gasteiger partial charge in [-0.15, -0.1) is 0 Å². The van der Waals surface area contributed by atoms with E-state index in [2.05, 4.69) is 0 Å². The Morgan fingerprint density at radius 3 is 1.80 bits per heavy atom. The minimum Gasteiger partial charge on any atom is -0.481 e. The Labute approximate surface area is 172 Å². The molecular formula is C18H26O12. The second-order valence-electron chi connectivity index (χ2n) is 6.69. The van der Waals surface area contributed by atoms with Crippen molar-refractivity contribution in [3.8, 4) is 0 Å². The number of carboxylic acids is 1. The molecule has 6 atom stereocenters. The van der Waals surface area contributed by atoms with Crippen LogP contribution >= 0.6 is 0 Å². The van der Waals surface area contributed by atoms with E-state index >= 15 is 0 Å². The lowest BCUT2D eigenvalue weighted by Crippen LogP contribution is -2.71. The maximum Gasteiger partial charge on any atom is 0.312 e. The highest BCUT2D eigenvalue weighted by Crippen LogP contribution is 2.40. The average molecular weight is 434 g/mol. The van der Waals surface area contributed by atoms with Gasteiger partial charge in [0.05, 0.1) is 0 Å². The SMILES string of the molecule is CCC(C(=O)O)[C@@]1(O)O[C@H](COC(C)=O)[C@@H](OC(C)=O)[C@H](OC(C)=O)[C@H]1OC(C)=O. The predicted octanol–water partition coefficient (Wildman–Crippen LogP) is -0.457. The largest absolute Gasteiger partial charge is 0.481 e. The van der Waals surface area contributed by atoms with Crippen LogP contribution in [0.15, 0.2) is 0 Å². The van der Waals surface area contributed by atoms with Gasteiger partial charge in [0.15, 0.2) is 18.3 Å². The zero-order valence-electron chi connectivity index (χ0n) is 17.3. The van der Waals surface area contributed by atoms with Gasteiger partial charge >= 0.3 is 29.8 Å². The summed E-state index contributed by atoms with van der Waals surface area (Å²) in [6.07, 6.45) is -6.61. The van der Waals surface area contributed by atoms with Crippen LogP contribution in [0.25, 0.3) is 0 Å². The van der Waals surface area contributed by atoms with Crippen molar-refractivity contribution in [3.63, 3.8) is 0 Å². The van der Waals surface area contributed by atoms with Gasteiger partial charge in [-0.1, -0.05) is 6.92 Å². The van der Waals surface area contributed by atoms with E-state index in [4.69, 9.17) is 23.7 Å². The Hall–Kier alpha value is -2.73. The van der Waals surface area contributed by atoms with Crippen LogP contribution in [-0.2, 0) is 47.7 Å². The van der Waals surface area contributed by atoms with Gasteiger partial charge in [0.2, 0.25) is 5.79 Å². The Kier molecular flexibility index (Phi) is 8.73. The summed E-state index contributed by atoms with van der Waals surface area (Å²) >= 11 is 0. The Bertz CT molecular complexity index is 689. The summed E-state index contributed by atoms with van der Waals surface area (Å²) in [6, 6.07) is 0.